The SMILES string of the molecule is CCOc1cc(/C=N\NC(=O)c2ccccc2NS(=O)(=O)c2ccc(Cl)cc2)ccc1OC(=O)c1ccccc1. The van der Waals surface area contributed by atoms with Crippen molar-refractivity contribution in [3.8, 4) is 11.5 Å². The summed E-state index contributed by atoms with van der Waals surface area (Å²) in [6.07, 6.45) is 1.38. The van der Waals surface area contributed by atoms with Gasteiger partial charge in [0.25, 0.3) is 15.9 Å². The minimum atomic E-state index is -3.97. The second-order valence-corrected chi connectivity index (χ2v) is 10.3. The lowest BCUT2D eigenvalue weighted by Gasteiger charge is -2.12. The first-order valence-corrected chi connectivity index (χ1v) is 13.9. The van der Waals surface area contributed by atoms with E-state index < -0.39 is 21.9 Å². The van der Waals surface area contributed by atoms with Gasteiger partial charge in [-0.1, -0.05) is 41.9 Å². The normalized spacial score (nSPS) is 11.2. The van der Waals surface area contributed by atoms with Crippen LogP contribution in [0, 0.1) is 0 Å². The van der Waals surface area contributed by atoms with E-state index in [0.717, 1.165) is 0 Å². The number of nitrogens with one attached hydrogen (secondary N) is 2. The number of para-hydroxylation sites is 1. The number of amides is 1. The Kier molecular flexibility index (Phi) is 9.15. The van der Waals surface area contributed by atoms with Gasteiger partial charge in [0.15, 0.2) is 11.5 Å². The molecule has 1 amide bonds. The van der Waals surface area contributed by atoms with Gasteiger partial charge in [-0.25, -0.2) is 18.6 Å². The van der Waals surface area contributed by atoms with Gasteiger partial charge in [-0.3, -0.25) is 9.52 Å². The maximum atomic E-state index is 12.8. The van der Waals surface area contributed by atoms with Gasteiger partial charge >= 0.3 is 5.97 Å². The lowest BCUT2D eigenvalue weighted by molar-refractivity contribution is 0.0728. The molecule has 40 heavy (non-hydrogen) atoms. The fourth-order valence-corrected chi connectivity index (χ4v) is 4.71. The predicted molar refractivity (Wildman–Crippen MR) is 153 cm³/mol. The fourth-order valence-electron chi connectivity index (χ4n) is 3.50. The van der Waals surface area contributed by atoms with Gasteiger partial charge in [-0.05, 0) is 79.2 Å². The molecule has 0 fully saturated rings. The number of hydrogen-bond acceptors (Lipinski definition) is 7. The number of rotatable bonds is 10. The molecule has 9 nitrogen and oxygen atoms in total. The number of esters is 1. The first kappa shape index (κ1) is 28.3. The summed E-state index contributed by atoms with van der Waals surface area (Å²) in [7, 11) is -3.97. The maximum Gasteiger partial charge on any atom is 0.343 e. The molecule has 0 aliphatic rings. The number of nitrogens with zero attached hydrogens (tertiary/aromatic N) is 1. The molecule has 0 saturated carbocycles. The molecule has 2 N–H and O–H groups in total. The molecular weight excluding hydrogens is 554 g/mol. The number of ether oxygens (including phenoxy) is 2. The molecule has 204 valence electrons. The summed E-state index contributed by atoms with van der Waals surface area (Å²) in [5, 5.41) is 4.38. The molecule has 0 spiro atoms. The molecule has 11 heteroatoms. The first-order chi connectivity index (χ1) is 19.3. The second kappa shape index (κ2) is 12.9. The Morgan fingerprint density at radius 3 is 2.33 bits per heavy atom. The number of benzene rings is 4. The van der Waals surface area contributed by atoms with Crippen molar-refractivity contribution >= 4 is 45.4 Å². The van der Waals surface area contributed by atoms with Crippen LogP contribution in [0.5, 0.6) is 11.5 Å². The molecule has 0 radical (unpaired) electrons. The number of carbonyl (C=O) groups excluding carboxylic acids is 2. The Morgan fingerprint density at radius 1 is 0.900 bits per heavy atom. The summed E-state index contributed by atoms with van der Waals surface area (Å²) in [4.78, 5) is 25.3. The zero-order valence-electron chi connectivity index (χ0n) is 21.2. The molecule has 0 aliphatic heterocycles. The number of carbonyl (C=O) groups is 2. The number of anilines is 1. The van der Waals surface area contributed by atoms with E-state index in [2.05, 4.69) is 15.2 Å². The second-order valence-electron chi connectivity index (χ2n) is 8.20. The van der Waals surface area contributed by atoms with Crippen molar-refractivity contribution in [3.63, 3.8) is 0 Å². The van der Waals surface area contributed by atoms with Gasteiger partial charge in [-0.15, -0.1) is 0 Å². The summed E-state index contributed by atoms with van der Waals surface area (Å²) in [6.45, 7) is 2.12. The zero-order valence-corrected chi connectivity index (χ0v) is 22.8. The molecule has 0 aromatic heterocycles. The number of halogens is 1. The third-order valence-electron chi connectivity index (χ3n) is 5.40. The van der Waals surface area contributed by atoms with E-state index in [-0.39, 0.29) is 21.9 Å². The van der Waals surface area contributed by atoms with Gasteiger partial charge in [0.2, 0.25) is 0 Å². The quantitative estimate of drug-likeness (QED) is 0.111. The van der Waals surface area contributed by atoms with Gasteiger partial charge < -0.3 is 9.47 Å². The lowest BCUT2D eigenvalue weighted by atomic mass is 10.2. The average molecular weight is 578 g/mol. The summed E-state index contributed by atoms with van der Waals surface area (Å²) >= 11 is 5.85. The summed E-state index contributed by atoms with van der Waals surface area (Å²) in [5.41, 5.74) is 3.49. The van der Waals surface area contributed by atoms with Crippen molar-refractivity contribution in [3.05, 3.63) is 119 Å². The lowest BCUT2D eigenvalue weighted by Crippen LogP contribution is -2.21. The summed E-state index contributed by atoms with van der Waals surface area (Å²) < 4.78 is 39.1. The smallest absolute Gasteiger partial charge is 0.343 e. The third-order valence-corrected chi connectivity index (χ3v) is 7.03. The van der Waals surface area contributed by atoms with Gasteiger partial charge in [-0.2, -0.15) is 5.10 Å². The van der Waals surface area contributed by atoms with Crippen molar-refractivity contribution in [2.24, 2.45) is 5.10 Å². The number of hydrogen-bond donors (Lipinski definition) is 2. The molecule has 4 aromatic rings. The molecular formula is C29H24ClN3O6S. The highest BCUT2D eigenvalue weighted by molar-refractivity contribution is 7.92. The third kappa shape index (κ3) is 7.25. The van der Waals surface area contributed by atoms with Crippen LogP contribution in [0.15, 0.2) is 107 Å². The van der Waals surface area contributed by atoms with Crippen LogP contribution in [0.25, 0.3) is 0 Å². The highest BCUT2D eigenvalue weighted by atomic mass is 35.5. The average Bonchev–Trinajstić information content (AvgIpc) is 2.95. The summed E-state index contributed by atoms with van der Waals surface area (Å²) in [5.74, 6) is -0.604. The molecule has 0 atom stereocenters. The minimum absolute atomic E-state index is 0.00636. The number of hydrazone groups is 1. The fraction of sp³-hybridized carbons (Fsp3) is 0.0690. The Morgan fingerprint density at radius 2 is 1.60 bits per heavy atom. The highest BCUT2D eigenvalue weighted by Gasteiger charge is 2.19. The minimum Gasteiger partial charge on any atom is -0.490 e. The predicted octanol–water partition coefficient (Wildman–Crippen LogP) is 5.52. The van der Waals surface area contributed by atoms with E-state index in [1.54, 1.807) is 67.6 Å². The van der Waals surface area contributed by atoms with E-state index in [1.807, 2.05) is 0 Å². The van der Waals surface area contributed by atoms with E-state index in [9.17, 15) is 18.0 Å². The van der Waals surface area contributed by atoms with Crippen LogP contribution in [0.3, 0.4) is 0 Å². The van der Waals surface area contributed by atoms with Crippen LogP contribution < -0.4 is 19.6 Å². The highest BCUT2D eigenvalue weighted by Crippen LogP contribution is 2.29. The molecule has 4 aromatic carbocycles. The van der Waals surface area contributed by atoms with Gasteiger partial charge in [0, 0.05) is 5.02 Å². The standard InChI is InChI=1S/C29H24ClN3O6S/c1-2-38-27-18-20(12-17-26(27)39-29(35)21-8-4-3-5-9-21)19-31-32-28(34)24-10-6-7-11-25(24)33-40(36,37)23-15-13-22(30)14-16-23/h3-19,33H,2H2,1H3,(H,32,34)/b31-19-. The Bertz CT molecular complexity index is 1640. The van der Waals surface area contributed by atoms with Crippen molar-refractivity contribution < 1.29 is 27.5 Å². The van der Waals surface area contributed by atoms with Crippen LogP contribution in [0.2, 0.25) is 5.02 Å². The zero-order chi connectivity index (χ0) is 28.5. The Labute approximate surface area is 236 Å². The van der Waals surface area contributed by atoms with Crippen molar-refractivity contribution in [2.75, 3.05) is 11.3 Å². The topological polar surface area (TPSA) is 123 Å². The van der Waals surface area contributed by atoms with Gasteiger partial charge in [0.05, 0.1) is 34.5 Å². The monoisotopic (exact) mass is 577 g/mol. The van der Waals surface area contributed by atoms with Crippen LogP contribution in [-0.2, 0) is 10.0 Å². The van der Waals surface area contributed by atoms with Crippen LogP contribution in [0.1, 0.15) is 33.2 Å². The van der Waals surface area contributed by atoms with Crippen molar-refractivity contribution in [1.82, 2.24) is 5.43 Å². The molecule has 4 rings (SSSR count). The van der Waals surface area contributed by atoms with E-state index >= 15 is 0 Å². The molecule has 0 aliphatic carbocycles. The number of sulfonamides is 1. The van der Waals surface area contributed by atoms with Crippen LogP contribution in [0.4, 0.5) is 5.69 Å². The van der Waals surface area contributed by atoms with Crippen LogP contribution in [-0.4, -0.2) is 33.1 Å². The van der Waals surface area contributed by atoms with Crippen molar-refractivity contribution in [2.45, 2.75) is 11.8 Å². The van der Waals surface area contributed by atoms with Crippen molar-refractivity contribution in [1.29, 1.82) is 0 Å². The molecule has 0 saturated heterocycles. The maximum absolute atomic E-state index is 12.8. The molecule has 0 unspecified atom stereocenters. The largest absolute Gasteiger partial charge is 0.490 e. The molecule has 0 bridgehead atoms. The van der Waals surface area contributed by atoms with Crippen LogP contribution >= 0.6 is 11.6 Å². The Balaban J connectivity index is 1.46. The first-order valence-electron chi connectivity index (χ1n) is 12.0. The van der Waals surface area contributed by atoms with E-state index in [1.165, 1.54) is 42.6 Å². The molecule has 0 heterocycles. The van der Waals surface area contributed by atoms with E-state index in [4.69, 9.17) is 21.1 Å². The Hall–Kier alpha value is -4.67. The summed E-state index contributed by atoms with van der Waals surface area (Å²) in [6, 6.07) is 25.2. The van der Waals surface area contributed by atoms with E-state index in [0.29, 0.717) is 28.5 Å². The van der Waals surface area contributed by atoms with Gasteiger partial charge in [0.1, 0.15) is 0 Å².